The molecule has 1 unspecified atom stereocenters. The Morgan fingerprint density at radius 3 is 2.56 bits per heavy atom. The molecule has 1 aliphatic rings. The van der Waals surface area contributed by atoms with E-state index in [1.165, 1.54) is 28.8 Å². The second-order valence-corrected chi connectivity index (χ2v) is 10.6. The van der Waals surface area contributed by atoms with E-state index in [9.17, 15) is 0 Å². The molecule has 7 heteroatoms. The van der Waals surface area contributed by atoms with Crippen molar-refractivity contribution in [3.8, 4) is 0 Å². The van der Waals surface area contributed by atoms with Crippen molar-refractivity contribution >= 4 is 11.0 Å². The van der Waals surface area contributed by atoms with Crippen LogP contribution in [0.5, 0.6) is 0 Å². The van der Waals surface area contributed by atoms with Gasteiger partial charge in [-0.05, 0) is 61.1 Å². The molecule has 0 amide bonds. The SMILES string of the molecule is CCc1nc(CNCc2ccc(CN(Cc3nc4ccccc4[nH]3)C3CCCc4cccnc43)cc2)c(C)[nH]1. The molecule has 1 atom stereocenters. The number of aromatic nitrogens is 5. The molecular weight excluding hydrogens is 482 g/mol. The van der Waals surface area contributed by atoms with Gasteiger partial charge in [0.25, 0.3) is 0 Å². The van der Waals surface area contributed by atoms with Gasteiger partial charge in [0, 0.05) is 37.9 Å². The van der Waals surface area contributed by atoms with E-state index in [1.54, 1.807) is 0 Å². The molecule has 0 bridgehead atoms. The minimum absolute atomic E-state index is 0.273. The lowest BCUT2D eigenvalue weighted by Gasteiger charge is -2.34. The van der Waals surface area contributed by atoms with E-state index < -0.39 is 0 Å². The molecule has 0 saturated carbocycles. The molecule has 0 fully saturated rings. The van der Waals surface area contributed by atoms with E-state index in [4.69, 9.17) is 9.97 Å². The fraction of sp³-hybridized carbons (Fsp3) is 0.344. The summed E-state index contributed by atoms with van der Waals surface area (Å²) in [4.78, 5) is 23.9. The summed E-state index contributed by atoms with van der Waals surface area (Å²) in [6.07, 6.45) is 6.26. The van der Waals surface area contributed by atoms with Crippen LogP contribution < -0.4 is 5.32 Å². The Hall–Kier alpha value is -3.81. The number of para-hydroxylation sites is 2. The maximum absolute atomic E-state index is 4.90. The number of hydrogen-bond donors (Lipinski definition) is 3. The maximum atomic E-state index is 4.90. The molecule has 5 aromatic rings. The van der Waals surface area contributed by atoms with Crippen molar-refractivity contribution in [2.75, 3.05) is 0 Å². The molecule has 7 nitrogen and oxygen atoms in total. The molecular formula is C32H37N7. The van der Waals surface area contributed by atoms with Gasteiger partial charge >= 0.3 is 0 Å². The third-order valence-corrected chi connectivity index (χ3v) is 7.80. The van der Waals surface area contributed by atoms with E-state index in [-0.39, 0.29) is 6.04 Å². The number of pyridine rings is 1. The van der Waals surface area contributed by atoms with Gasteiger partial charge < -0.3 is 15.3 Å². The van der Waals surface area contributed by atoms with Gasteiger partial charge in [-0.2, -0.15) is 0 Å². The van der Waals surface area contributed by atoms with Crippen LogP contribution in [0.3, 0.4) is 0 Å². The third kappa shape index (κ3) is 5.79. The summed E-state index contributed by atoms with van der Waals surface area (Å²) in [5, 5.41) is 3.55. The number of nitrogens with one attached hydrogen (secondary N) is 3. The fourth-order valence-corrected chi connectivity index (χ4v) is 5.71. The highest BCUT2D eigenvalue weighted by atomic mass is 15.2. The van der Waals surface area contributed by atoms with Gasteiger partial charge in [-0.1, -0.05) is 49.4 Å². The minimum atomic E-state index is 0.273. The molecule has 6 rings (SSSR count). The highest BCUT2D eigenvalue weighted by Gasteiger charge is 2.28. The van der Waals surface area contributed by atoms with Crippen LogP contribution in [-0.4, -0.2) is 29.8 Å². The van der Waals surface area contributed by atoms with E-state index in [0.717, 1.165) is 79.5 Å². The lowest BCUT2D eigenvalue weighted by atomic mass is 9.90. The smallest absolute Gasteiger partial charge is 0.121 e. The average molecular weight is 520 g/mol. The Kier molecular flexibility index (Phi) is 7.52. The summed E-state index contributed by atoms with van der Waals surface area (Å²) in [5.41, 5.74) is 9.53. The van der Waals surface area contributed by atoms with Crippen molar-refractivity contribution in [3.05, 3.63) is 112 Å². The van der Waals surface area contributed by atoms with E-state index >= 15 is 0 Å². The average Bonchev–Trinajstić information content (AvgIpc) is 3.55. The Labute approximate surface area is 230 Å². The summed E-state index contributed by atoms with van der Waals surface area (Å²) in [6, 6.07) is 21.8. The van der Waals surface area contributed by atoms with Crippen LogP contribution in [0.25, 0.3) is 11.0 Å². The van der Waals surface area contributed by atoms with Crippen LogP contribution in [0, 0.1) is 6.92 Å². The maximum Gasteiger partial charge on any atom is 0.121 e. The van der Waals surface area contributed by atoms with Crippen molar-refractivity contribution in [1.29, 1.82) is 0 Å². The van der Waals surface area contributed by atoms with Gasteiger partial charge in [-0.15, -0.1) is 0 Å². The monoisotopic (exact) mass is 519 g/mol. The second kappa shape index (κ2) is 11.5. The number of hydrogen-bond acceptors (Lipinski definition) is 5. The first-order chi connectivity index (χ1) is 19.2. The van der Waals surface area contributed by atoms with Crippen molar-refractivity contribution in [2.45, 2.75) is 71.8 Å². The molecule has 0 spiro atoms. The molecule has 0 radical (unpaired) electrons. The molecule has 2 aromatic carbocycles. The van der Waals surface area contributed by atoms with Crippen LogP contribution in [0.1, 0.15) is 71.2 Å². The standard InChI is InChI=1S/C32H37N7/c1-3-30-35-22(2)28(38-30)19-33-18-23-13-15-24(16-14-23)20-39(21-31-36-26-10-4-5-11-27(26)37-31)29-12-6-8-25-9-7-17-34-32(25)29/h4-5,7,9-11,13-17,29,33H,3,6,8,12,18-21H2,1-2H3,(H,35,38)(H,36,37). The number of aromatic amines is 2. The molecule has 0 saturated heterocycles. The van der Waals surface area contributed by atoms with Gasteiger partial charge in [0.1, 0.15) is 11.6 Å². The minimum Gasteiger partial charge on any atom is -0.346 e. The van der Waals surface area contributed by atoms with Crippen molar-refractivity contribution in [3.63, 3.8) is 0 Å². The van der Waals surface area contributed by atoms with Crippen LogP contribution in [-0.2, 0) is 39.0 Å². The zero-order valence-electron chi connectivity index (χ0n) is 22.9. The van der Waals surface area contributed by atoms with E-state index in [2.05, 4.69) is 93.6 Å². The molecule has 200 valence electrons. The molecule has 39 heavy (non-hydrogen) atoms. The first kappa shape index (κ1) is 25.5. The third-order valence-electron chi connectivity index (χ3n) is 7.80. The Bertz CT molecular complexity index is 1500. The van der Waals surface area contributed by atoms with Gasteiger partial charge in [0.2, 0.25) is 0 Å². The molecule has 3 N–H and O–H groups in total. The first-order valence-electron chi connectivity index (χ1n) is 14.1. The summed E-state index contributed by atoms with van der Waals surface area (Å²) in [7, 11) is 0. The zero-order chi connectivity index (χ0) is 26.6. The van der Waals surface area contributed by atoms with Crippen molar-refractivity contribution < 1.29 is 0 Å². The van der Waals surface area contributed by atoms with Crippen LogP contribution in [0.15, 0.2) is 66.9 Å². The number of fused-ring (bicyclic) bond motifs is 2. The molecule has 3 heterocycles. The van der Waals surface area contributed by atoms with Gasteiger partial charge in [0.15, 0.2) is 0 Å². The topological polar surface area (TPSA) is 85.5 Å². The lowest BCUT2D eigenvalue weighted by molar-refractivity contribution is 0.153. The molecule has 1 aliphatic carbocycles. The fourth-order valence-electron chi connectivity index (χ4n) is 5.71. The predicted molar refractivity (Wildman–Crippen MR) is 155 cm³/mol. The molecule has 3 aromatic heterocycles. The zero-order valence-corrected chi connectivity index (χ0v) is 22.9. The van der Waals surface area contributed by atoms with Gasteiger partial charge in [0.05, 0.1) is 35.0 Å². The number of H-pyrrole nitrogens is 2. The normalized spacial score (nSPS) is 15.2. The summed E-state index contributed by atoms with van der Waals surface area (Å²) in [5.74, 6) is 2.05. The number of imidazole rings is 2. The number of nitrogens with zero attached hydrogens (tertiary/aromatic N) is 4. The summed E-state index contributed by atoms with van der Waals surface area (Å²) < 4.78 is 0. The summed E-state index contributed by atoms with van der Waals surface area (Å²) in [6.45, 7) is 7.40. The highest BCUT2D eigenvalue weighted by molar-refractivity contribution is 5.74. The summed E-state index contributed by atoms with van der Waals surface area (Å²) >= 11 is 0. The highest BCUT2D eigenvalue weighted by Crippen LogP contribution is 2.34. The van der Waals surface area contributed by atoms with E-state index in [0.29, 0.717) is 0 Å². The Morgan fingerprint density at radius 1 is 0.897 bits per heavy atom. The van der Waals surface area contributed by atoms with Crippen molar-refractivity contribution in [1.82, 2.24) is 35.1 Å². The van der Waals surface area contributed by atoms with Crippen LogP contribution in [0.2, 0.25) is 0 Å². The number of rotatable bonds is 10. The lowest BCUT2D eigenvalue weighted by Crippen LogP contribution is -2.31. The number of benzene rings is 2. The van der Waals surface area contributed by atoms with Gasteiger partial charge in [-0.25, -0.2) is 9.97 Å². The van der Waals surface area contributed by atoms with Crippen LogP contribution >= 0.6 is 0 Å². The predicted octanol–water partition coefficient (Wildman–Crippen LogP) is 5.92. The number of aryl methyl sites for hydroxylation is 3. The first-order valence-corrected chi connectivity index (χ1v) is 14.1. The van der Waals surface area contributed by atoms with E-state index in [1.807, 2.05) is 12.3 Å². The second-order valence-electron chi connectivity index (χ2n) is 10.6. The Balaban J connectivity index is 1.17. The quantitative estimate of drug-likeness (QED) is 0.213. The molecule has 0 aliphatic heterocycles. The largest absolute Gasteiger partial charge is 0.346 e. The van der Waals surface area contributed by atoms with Crippen LogP contribution in [0.4, 0.5) is 0 Å². The van der Waals surface area contributed by atoms with Crippen molar-refractivity contribution in [2.24, 2.45) is 0 Å². The Morgan fingerprint density at radius 2 is 1.74 bits per heavy atom. The van der Waals surface area contributed by atoms with Gasteiger partial charge in [-0.3, -0.25) is 9.88 Å².